The van der Waals surface area contributed by atoms with Crippen molar-refractivity contribution in [3.8, 4) is 0 Å². The number of aliphatic imine (C=N–C) groups is 1. The molecule has 0 fully saturated rings. The Kier molecular flexibility index (Phi) is 4.56. The molecule has 0 aromatic rings. The van der Waals surface area contributed by atoms with Gasteiger partial charge in [-0.25, -0.2) is 0 Å². The van der Waals surface area contributed by atoms with Crippen molar-refractivity contribution < 1.29 is 0 Å². The number of hydrogen-bond donors (Lipinski definition) is 1. The standard InChI is InChI=1S/C6H14N2/c1-6(2)8-5-3-4-7/h3-5,7H2,1-2H3. The summed E-state index contributed by atoms with van der Waals surface area (Å²) in [7, 11) is 0. The van der Waals surface area contributed by atoms with E-state index in [2.05, 4.69) is 4.99 Å². The molecule has 0 radical (unpaired) electrons. The summed E-state index contributed by atoms with van der Waals surface area (Å²) in [5.41, 5.74) is 6.38. The first kappa shape index (κ1) is 7.63. The fraction of sp³-hybridized carbons (Fsp3) is 0.833. The zero-order chi connectivity index (χ0) is 6.41. The minimum absolute atomic E-state index is 0.747. The van der Waals surface area contributed by atoms with Gasteiger partial charge in [0.1, 0.15) is 0 Å². The molecule has 0 aliphatic carbocycles. The molecule has 0 heterocycles. The molecule has 0 aliphatic rings. The molecule has 0 aromatic carbocycles. The maximum atomic E-state index is 5.25. The van der Waals surface area contributed by atoms with E-state index in [0.717, 1.165) is 25.2 Å². The minimum Gasteiger partial charge on any atom is -0.330 e. The monoisotopic (exact) mass is 114 g/mol. The van der Waals surface area contributed by atoms with Crippen molar-refractivity contribution in [2.75, 3.05) is 13.1 Å². The van der Waals surface area contributed by atoms with Crippen LogP contribution in [0.15, 0.2) is 4.99 Å². The van der Waals surface area contributed by atoms with E-state index in [1.54, 1.807) is 0 Å². The van der Waals surface area contributed by atoms with E-state index in [1.165, 1.54) is 0 Å². The van der Waals surface area contributed by atoms with Crippen molar-refractivity contribution in [1.82, 2.24) is 0 Å². The first-order valence-electron chi connectivity index (χ1n) is 2.95. The summed E-state index contributed by atoms with van der Waals surface area (Å²) in [6.45, 7) is 5.63. The largest absolute Gasteiger partial charge is 0.330 e. The van der Waals surface area contributed by atoms with Gasteiger partial charge in [0.25, 0.3) is 0 Å². The van der Waals surface area contributed by atoms with Gasteiger partial charge in [0.15, 0.2) is 0 Å². The van der Waals surface area contributed by atoms with E-state index in [9.17, 15) is 0 Å². The van der Waals surface area contributed by atoms with E-state index in [1.807, 2.05) is 13.8 Å². The summed E-state index contributed by atoms with van der Waals surface area (Å²) < 4.78 is 0. The van der Waals surface area contributed by atoms with Crippen LogP contribution in [0.1, 0.15) is 20.3 Å². The summed E-state index contributed by atoms with van der Waals surface area (Å²) >= 11 is 0. The van der Waals surface area contributed by atoms with Crippen LogP contribution in [0.3, 0.4) is 0 Å². The first-order chi connectivity index (χ1) is 3.77. The smallest absolute Gasteiger partial charge is 0.0400 e. The second-order valence-corrected chi connectivity index (χ2v) is 1.97. The van der Waals surface area contributed by atoms with Gasteiger partial charge in [0, 0.05) is 12.3 Å². The molecule has 0 atom stereocenters. The van der Waals surface area contributed by atoms with Crippen LogP contribution in [0.25, 0.3) is 0 Å². The van der Waals surface area contributed by atoms with E-state index < -0.39 is 0 Å². The molecule has 2 heteroatoms. The lowest BCUT2D eigenvalue weighted by Crippen LogP contribution is -2.00. The van der Waals surface area contributed by atoms with Crippen LogP contribution >= 0.6 is 0 Å². The molecule has 2 nitrogen and oxygen atoms in total. The Balaban J connectivity index is 3.03. The van der Waals surface area contributed by atoms with Crippen LogP contribution in [0.2, 0.25) is 0 Å². The van der Waals surface area contributed by atoms with Crippen molar-refractivity contribution >= 4 is 5.71 Å². The second-order valence-electron chi connectivity index (χ2n) is 1.97. The van der Waals surface area contributed by atoms with Crippen molar-refractivity contribution in [2.24, 2.45) is 10.7 Å². The molecule has 2 N–H and O–H groups in total. The average molecular weight is 114 g/mol. The third-order valence-corrected chi connectivity index (χ3v) is 0.790. The van der Waals surface area contributed by atoms with Crippen LogP contribution in [0, 0.1) is 0 Å². The van der Waals surface area contributed by atoms with Gasteiger partial charge in [-0.15, -0.1) is 0 Å². The molecule has 0 saturated carbocycles. The highest BCUT2D eigenvalue weighted by molar-refractivity contribution is 5.78. The Labute approximate surface area is 50.8 Å². The van der Waals surface area contributed by atoms with Gasteiger partial charge in [0.05, 0.1) is 0 Å². The molecule has 0 amide bonds. The molecule has 0 saturated heterocycles. The maximum absolute atomic E-state index is 5.25. The van der Waals surface area contributed by atoms with Crippen molar-refractivity contribution in [1.29, 1.82) is 0 Å². The fourth-order valence-electron chi connectivity index (χ4n) is 0.394. The number of nitrogens with two attached hydrogens (primary N) is 1. The van der Waals surface area contributed by atoms with Gasteiger partial charge in [-0.1, -0.05) is 0 Å². The number of hydrogen-bond acceptors (Lipinski definition) is 2. The zero-order valence-corrected chi connectivity index (χ0v) is 5.65. The van der Waals surface area contributed by atoms with Crippen molar-refractivity contribution in [3.05, 3.63) is 0 Å². The van der Waals surface area contributed by atoms with Crippen LogP contribution in [0.5, 0.6) is 0 Å². The molecule has 0 aromatic heterocycles. The van der Waals surface area contributed by atoms with Crippen molar-refractivity contribution in [2.45, 2.75) is 20.3 Å². The highest BCUT2D eigenvalue weighted by atomic mass is 14.7. The molecule has 0 rings (SSSR count). The Bertz CT molecular complexity index is 72.6. The molecule has 0 unspecified atom stereocenters. The van der Waals surface area contributed by atoms with Crippen LogP contribution in [-0.2, 0) is 0 Å². The number of rotatable bonds is 3. The topological polar surface area (TPSA) is 38.4 Å². The van der Waals surface area contributed by atoms with Crippen LogP contribution in [0.4, 0.5) is 0 Å². The van der Waals surface area contributed by atoms with Gasteiger partial charge in [-0.3, -0.25) is 4.99 Å². The molecule has 0 aliphatic heterocycles. The average Bonchev–Trinajstić information content (AvgIpc) is 1.66. The predicted molar refractivity (Wildman–Crippen MR) is 37.3 cm³/mol. The molecule has 0 spiro atoms. The quantitative estimate of drug-likeness (QED) is 0.428. The van der Waals surface area contributed by atoms with E-state index in [-0.39, 0.29) is 0 Å². The maximum Gasteiger partial charge on any atom is 0.0400 e. The SMILES string of the molecule is CC(C)=NCCCN. The third-order valence-electron chi connectivity index (χ3n) is 0.790. The molecule has 0 bridgehead atoms. The number of nitrogens with zero attached hydrogens (tertiary/aromatic N) is 1. The van der Waals surface area contributed by atoms with Gasteiger partial charge < -0.3 is 5.73 Å². The first-order valence-corrected chi connectivity index (χ1v) is 2.95. The second kappa shape index (κ2) is 4.78. The van der Waals surface area contributed by atoms with E-state index >= 15 is 0 Å². The zero-order valence-electron chi connectivity index (χ0n) is 5.65. The Morgan fingerprint density at radius 3 is 2.50 bits per heavy atom. The lowest BCUT2D eigenvalue weighted by Gasteiger charge is -1.89. The minimum atomic E-state index is 0.747. The van der Waals surface area contributed by atoms with E-state index in [0.29, 0.717) is 0 Å². The van der Waals surface area contributed by atoms with E-state index in [4.69, 9.17) is 5.73 Å². The van der Waals surface area contributed by atoms with Gasteiger partial charge in [0.2, 0.25) is 0 Å². The normalized spacial score (nSPS) is 8.88. The van der Waals surface area contributed by atoms with Gasteiger partial charge in [-0.05, 0) is 26.8 Å². The lowest BCUT2D eigenvalue weighted by atomic mass is 10.4. The van der Waals surface area contributed by atoms with Crippen LogP contribution < -0.4 is 5.73 Å². The fourth-order valence-corrected chi connectivity index (χ4v) is 0.394. The summed E-state index contributed by atoms with van der Waals surface area (Å²) in [5, 5.41) is 0. The summed E-state index contributed by atoms with van der Waals surface area (Å²) in [6.07, 6.45) is 1.01. The van der Waals surface area contributed by atoms with Gasteiger partial charge in [-0.2, -0.15) is 0 Å². The van der Waals surface area contributed by atoms with Crippen molar-refractivity contribution in [3.63, 3.8) is 0 Å². The summed E-state index contributed by atoms with van der Waals surface area (Å²) in [6, 6.07) is 0. The highest BCUT2D eigenvalue weighted by Gasteiger charge is 1.78. The van der Waals surface area contributed by atoms with Crippen LogP contribution in [-0.4, -0.2) is 18.8 Å². The third kappa shape index (κ3) is 5.63. The summed E-state index contributed by atoms with van der Waals surface area (Å²) in [5.74, 6) is 0. The molecular formula is C6H14N2. The molecule has 48 valence electrons. The van der Waals surface area contributed by atoms with Gasteiger partial charge >= 0.3 is 0 Å². The Morgan fingerprint density at radius 2 is 2.12 bits per heavy atom. The predicted octanol–water partition coefficient (Wildman–Crippen LogP) is 0.816. The molecular weight excluding hydrogens is 100 g/mol. The lowest BCUT2D eigenvalue weighted by molar-refractivity contribution is 0.844. The summed E-state index contributed by atoms with van der Waals surface area (Å²) in [4.78, 5) is 4.15. The highest BCUT2D eigenvalue weighted by Crippen LogP contribution is 1.78. The Hall–Kier alpha value is -0.370. The Morgan fingerprint density at radius 1 is 1.50 bits per heavy atom. The molecule has 8 heavy (non-hydrogen) atoms.